The molecule has 4 nitrogen and oxygen atoms in total. The summed E-state index contributed by atoms with van der Waals surface area (Å²) in [5.74, 6) is 0. The molecule has 0 aromatic heterocycles. The van der Waals surface area contributed by atoms with E-state index in [4.69, 9.17) is 5.11 Å². The van der Waals surface area contributed by atoms with E-state index in [1.165, 1.54) is 0 Å². The predicted octanol–water partition coefficient (Wildman–Crippen LogP) is 0.907. The van der Waals surface area contributed by atoms with Crippen LogP contribution in [0.3, 0.4) is 0 Å². The number of nitrogens with one attached hydrogen (secondary N) is 2. The van der Waals surface area contributed by atoms with Crippen LogP contribution in [0.2, 0.25) is 0 Å². The average molecular weight is 225 g/mol. The van der Waals surface area contributed by atoms with Gasteiger partial charge in [-0.2, -0.15) is 0 Å². The van der Waals surface area contributed by atoms with Crippen molar-refractivity contribution in [2.45, 2.75) is 43.6 Å². The van der Waals surface area contributed by atoms with E-state index in [2.05, 4.69) is 10.6 Å². The Morgan fingerprint density at radius 2 is 2.21 bits per heavy atom. The Morgan fingerprint density at radius 1 is 1.50 bits per heavy atom. The lowest BCUT2D eigenvalue weighted by molar-refractivity contribution is 0.140. The molecule has 2 rings (SSSR count). The van der Waals surface area contributed by atoms with E-state index < -0.39 is 18.3 Å². The molecule has 2 aliphatic heterocycles. The quantitative estimate of drug-likeness (QED) is 0.621. The normalized spacial score (nSPS) is 40.1. The van der Waals surface area contributed by atoms with Crippen molar-refractivity contribution < 1.29 is 14.3 Å². The fourth-order valence-corrected chi connectivity index (χ4v) is 2.30. The zero-order chi connectivity index (χ0) is 9.42. The second kappa shape index (κ2) is 4.31. The topological polar surface area (TPSA) is 61.4 Å². The first kappa shape index (κ1) is 11.5. The van der Waals surface area contributed by atoms with E-state index in [1.807, 2.05) is 0 Å². The van der Waals surface area contributed by atoms with E-state index >= 15 is 0 Å². The Hall–Kier alpha value is -0.550. The molecule has 2 saturated heterocycles. The highest BCUT2D eigenvalue weighted by atomic mass is 35.5. The van der Waals surface area contributed by atoms with E-state index in [-0.39, 0.29) is 18.4 Å². The van der Waals surface area contributed by atoms with Gasteiger partial charge in [0.2, 0.25) is 0 Å². The third kappa shape index (κ3) is 2.09. The zero-order valence-corrected chi connectivity index (χ0v) is 8.39. The van der Waals surface area contributed by atoms with Crippen molar-refractivity contribution in [2.75, 3.05) is 0 Å². The number of halogens is 2. The van der Waals surface area contributed by atoms with Crippen LogP contribution >= 0.6 is 12.4 Å². The monoisotopic (exact) mass is 224 g/mol. The number of rotatable bonds is 1. The Labute approximate surface area is 87.7 Å². The summed E-state index contributed by atoms with van der Waals surface area (Å²) in [5.41, 5.74) is 0. The maximum atomic E-state index is 13.5. The van der Waals surface area contributed by atoms with Crippen LogP contribution in [0.25, 0.3) is 0 Å². The molecule has 0 aromatic rings. The van der Waals surface area contributed by atoms with Crippen molar-refractivity contribution in [3.05, 3.63) is 0 Å². The summed E-state index contributed by atoms with van der Waals surface area (Å²) in [6.45, 7) is 0. The number of amides is 1. The predicted molar refractivity (Wildman–Crippen MR) is 51.7 cm³/mol. The van der Waals surface area contributed by atoms with Crippen LogP contribution < -0.4 is 10.6 Å². The Bertz CT molecular complexity index is 229. The number of carboxylic acid groups (broad SMARTS) is 1. The summed E-state index contributed by atoms with van der Waals surface area (Å²) < 4.78 is 13.5. The Kier molecular flexibility index (Phi) is 3.55. The van der Waals surface area contributed by atoms with Crippen LogP contribution in [0.1, 0.15) is 19.3 Å². The van der Waals surface area contributed by atoms with Gasteiger partial charge in [0.05, 0.1) is 6.04 Å². The van der Waals surface area contributed by atoms with Crippen LogP contribution in [-0.4, -0.2) is 35.5 Å². The third-order valence-corrected chi connectivity index (χ3v) is 2.89. The van der Waals surface area contributed by atoms with Gasteiger partial charge in [-0.15, -0.1) is 12.4 Å². The van der Waals surface area contributed by atoms with Gasteiger partial charge >= 0.3 is 6.09 Å². The maximum absolute atomic E-state index is 13.5. The largest absolute Gasteiger partial charge is 0.465 e. The minimum Gasteiger partial charge on any atom is -0.465 e. The molecule has 0 spiro atoms. The smallest absolute Gasteiger partial charge is 0.404 e. The SMILES string of the molecule is Cl.O=C(O)N[C@@H]1C[C@H]2CC[C@H](N2)[C@@H]1F. The summed E-state index contributed by atoms with van der Waals surface area (Å²) in [4.78, 5) is 10.3. The second-order valence-corrected chi connectivity index (χ2v) is 3.78. The molecule has 0 aromatic carbocycles. The van der Waals surface area contributed by atoms with Crippen molar-refractivity contribution in [3.63, 3.8) is 0 Å². The van der Waals surface area contributed by atoms with Gasteiger partial charge in [-0.25, -0.2) is 9.18 Å². The molecule has 3 N–H and O–H groups in total. The number of fused-ring (bicyclic) bond motifs is 2. The van der Waals surface area contributed by atoms with Crippen molar-refractivity contribution >= 4 is 18.5 Å². The molecular formula is C8H14ClFN2O2. The molecule has 82 valence electrons. The molecule has 0 saturated carbocycles. The van der Waals surface area contributed by atoms with Gasteiger partial charge in [0.1, 0.15) is 6.17 Å². The molecule has 2 heterocycles. The van der Waals surface area contributed by atoms with E-state index in [1.54, 1.807) is 0 Å². The van der Waals surface area contributed by atoms with Gasteiger partial charge in [-0.1, -0.05) is 0 Å². The van der Waals surface area contributed by atoms with Crippen molar-refractivity contribution in [3.8, 4) is 0 Å². The molecule has 6 heteroatoms. The first-order chi connectivity index (χ1) is 6.16. The molecule has 1 amide bonds. The number of alkyl halides is 1. The fourth-order valence-electron chi connectivity index (χ4n) is 2.30. The van der Waals surface area contributed by atoms with Gasteiger partial charge in [0.25, 0.3) is 0 Å². The molecular weight excluding hydrogens is 211 g/mol. The van der Waals surface area contributed by atoms with Crippen molar-refractivity contribution in [2.24, 2.45) is 0 Å². The maximum Gasteiger partial charge on any atom is 0.404 e. The van der Waals surface area contributed by atoms with Gasteiger partial charge < -0.3 is 15.7 Å². The number of piperidine rings is 1. The second-order valence-electron chi connectivity index (χ2n) is 3.78. The summed E-state index contributed by atoms with van der Waals surface area (Å²) in [6.07, 6.45) is 0.153. The van der Waals surface area contributed by atoms with Crippen molar-refractivity contribution in [1.82, 2.24) is 10.6 Å². The zero-order valence-electron chi connectivity index (χ0n) is 7.57. The van der Waals surface area contributed by atoms with Gasteiger partial charge in [-0.3, -0.25) is 0 Å². The van der Waals surface area contributed by atoms with Gasteiger partial charge in [0.15, 0.2) is 0 Å². The minimum absolute atomic E-state index is 0. The number of hydrogen-bond donors (Lipinski definition) is 3. The molecule has 4 atom stereocenters. The summed E-state index contributed by atoms with van der Waals surface area (Å²) in [7, 11) is 0. The van der Waals surface area contributed by atoms with E-state index in [0.717, 1.165) is 12.8 Å². The van der Waals surface area contributed by atoms with Crippen LogP contribution in [0.15, 0.2) is 0 Å². The molecule has 2 fully saturated rings. The van der Waals surface area contributed by atoms with Crippen LogP contribution in [0, 0.1) is 0 Å². The Morgan fingerprint density at radius 3 is 2.86 bits per heavy atom. The summed E-state index contributed by atoms with van der Waals surface area (Å²) in [6, 6.07) is -0.360. The lowest BCUT2D eigenvalue weighted by Crippen LogP contribution is -2.55. The summed E-state index contributed by atoms with van der Waals surface area (Å²) >= 11 is 0. The van der Waals surface area contributed by atoms with E-state index in [9.17, 15) is 9.18 Å². The standard InChI is InChI=1S/C8H13FN2O2.ClH/c9-7-5-2-1-4(10-5)3-6(7)11-8(12)13;/h4-7,10-11H,1-3H2,(H,12,13);1H/t4-,5+,6-,7+;/m1./s1. The highest BCUT2D eigenvalue weighted by Gasteiger charge is 2.42. The fraction of sp³-hybridized carbons (Fsp3) is 0.875. The number of hydrogen-bond acceptors (Lipinski definition) is 2. The van der Waals surface area contributed by atoms with Crippen LogP contribution in [0.5, 0.6) is 0 Å². The van der Waals surface area contributed by atoms with Crippen molar-refractivity contribution in [1.29, 1.82) is 0 Å². The minimum atomic E-state index is -1.13. The van der Waals surface area contributed by atoms with E-state index in [0.29, 0.717) is 12.5 Å². The van der Waals surface area contributed by atoms with Gasteiger partial charge in [-0.05, 0) is 19.3 Å². The van der Waals surface area contributed by atoms with Gasteiger partial charge in [0, 0.05) is 12.1 Å². The first-order valence-electron chi connectivity index (χ1n) is 4.56. The van der Waals surface area contributed by atoms with Crippen LogP contribution in [0.4, 0.5) is 9.18 Å². The molecule has 0 unspecified atom stereocenters. The molecule has 0 aliphatic carbocycles. The molecule has 14 heavy (non-hydrogen) atoms. The molecule has 2 aliphatic rings. The Balaban J connectivity index is 0.000000980. The molecule has 2 bridgehead atoms. The average Bonchev–Trinajstić information content (AvgIpc) is 2.44. The van der Waals surface area contributed by atoms with Crippen LogP contribution in [-0.2, 0) is 0 Å². The highest BCUT2D eigenvalue weighted by Crippen LogP contribution is 2.29. The summed E-state index contributed by atoms with van der Waals surface area (Å²) in [5, 5.41) is 13.8. The number of carbonyl (C=O) groups is 1. The highest BCUT2D eigenvalue weighted by molar-refractivity contribution is 5.85. The lowest BCUT2D eigenvalue weighted by Gasteiger charge is -2.32. The third-order valence-electron chi connectivity index (χ3n) is 2.89. The lowest BCUT2D eigenvalue weighted by atomic mass is 9.98. The molecule has 0 radical (unpaired) electrons. The first-order valence-corrected chi connectivity index (χ1v) is 4.56.